The van der Waals surface area contributed by atoms with Crippen LogP contribution < -0.4 is 9.64 Å². The summed E-state index contributed by atoms with van der Waals surface area (Å²) in [6, 6.07) is 17.9. The molecule has 2 amide bonds. The normalized spacial score (nSPS) is 16.9. The Hall–Kier alpha value is -3.70. The van der Waals surface area contributed by atoms with Crippen LogP contribution in [0.5, 0.6) is 5.75 Å². The van der Waals surface area contributed by atoms with Crippen LogP contribution in [0.15, 0.2) is 64.5 Å². The number of thioether (sulfide) groups is 1. The first kappa shape index (κ1) is 25.4. The molecule has 2 aromatic carbocycles. The highest BCUT2D eigenvalue weighted by molar-refractivity contribution is 8.06. The number of amides is 2. The smallest absolute Gasteiger partial charge is 0.267 e. The highest BCUT2D eigenvalue weighted by atomic mass is 32.2. The van der Waals surface area contributed by atoms with Crippen molar-refractivity contribution in [3.05, 3.63) is 75.7 Å². The monoisotopic (exact) mass is 502 g/mol. The van der Waals surface area contributed by atoms with Crippen LogP contribution >= 0.6 is 11.8 Å². The molecule has 2 heterocycles. The average Bonchev–Trinajstić information content (AvgIpc) is 3.34. The van der Waals surface area contributed by atoms with Crippen LogP contribution in [0, 0.1) is 18.3 Å². The standard InChI is InChI=1S/C28H30N4O3S/c1-4-5-26(33)30-14-16-31(17-15-30)27(34)24(18-29)28-32(22-10-12-23(35-3)13-11-22)25(19-36-28)21-8-6-20(2)7-9-21/h6-13,19H,4-5,14-17H2,1-3H3/b28-24-. The molecule has 0 saturated carbocycles. The van der Waals surface area contributed by atoms with E-state index in [1.165, 1.54) is 11.8 Å². The molecule has 2 aliphatic heterocycles. The Morgan fingerprint density at radius 3 is 2.22 bits per heavy atom. The molecule has 186 valence electrons. The van der Waals surface area contributed by atoms with Gasteiger partial charge < -0.3 is 19.4 Å². The lowest BCUT2D eigenvalue weighted by Gasteiger charge is -2.35. The molecule has 2 aromatic rings. The fourth-order valence-electron chi connectivity index (χ4n) is 4.28. The molecule has 1 saturated heterocycles. The maximum atomic E-state index is 13.5. The van der Waals surface area contributed by atoms with Gasteiger partial charge in [0.05, 0.1) is 12.8 Å². The minimum atomic E-state index is -0.306. The summed E-state index contributed by atoms with van der Waals surface area (Å²) in [5.41, 5.74) is 3.98. The third-order valence-corrected chi connectivity index (χ3v) is 7.28. The molecule has 36 heavy (non-hydrogen) atoms. The van der Waals surface area contributed by atoms with Crippen molar-refractivity contribution in [1.82, 2.24) is 9.80 Å². The van der Waals surface area contributed by atoms with Gasteiger partial charge >= 0.3 is 0 Å². The molecule has 7 nitrogen and oxygen atoms in total. The molecule has 2 aliphatic rings. The summed E-state index contributed by atoms with van der Waals surface area (Å²) in [6.45, 7) is 5.82. The highest BCUT2D eigenvalue weighted by Gasteiger charge is 2.33. The molecular formula is C28H30N4O3S. The lowest BCUT2D eigenvalue weighted by atomic mass is 10.1. The molecule has 8 heteroatoms. The Kier molecular flexibility index (Phi) is 8.01. The van der Waals surface area contributed by atoms with Gasteiger partial charge in [0.15, 0.2) is 0 Å². The minimum Gasteiger partial charge on any atom is -0.497 e. The van der Waals surface area contributed by atoms with E-state index in [0.29, 0.717) is 37.6 Å². The van der Waals surface area contributed by atoms with Gasteiger partial charge in [-0.25, -0.2) is 0 Å². The van der Waals surface area contributed by atoms with E-state index in [1.807, 2.05) is 72.7 Å². The number of nitrogens with zero attached hydrogens (tertiary/aromatic N) is 4. The molecule has 0 aliphatic carbocycles. The minimum absolute atomic E-state index is 0.0996. The largest absolute Gasteiger partial charge is 0.497 e. The van der Waals surface area contributed by atoms with Crippen LogP contribution in [0.2, 0.25) is 0 Å². The number of carbonyl (C=O) groups is 2. The summed E-state index contributed by atoms with van der Waals surface area (Å²) < 4.78 is 5.32. The Balaban J connectivity index is 1.66. The Bertz CT molecular complexity index is 1220. The first-order valence-corrected chi connectivity index (χ1v) is 12.9. The van der Waals surface area contributed by atoms with Crippen molar-refractivity contribution in [1.29, 1.82) is 5.26 Å². The lowest BCUT2D eigenvalue weighted by molar-refractivity contribution is -0.137. The number of hydrogen-bond acceptors (Lipinski definition) is 6. The van der Waals surface area contributed by atoms with Crippen LogP contribution in [0.3, 0.4) is 0 Å². The van der Waals surface area contributed by atoms with E-state index < -0.39 is 0 Å². The van der Waals surface area contributed by atoms with Crippen LogP contribution in [0.25, 0.3) is 5.70 Å². The quantitative estimate of drug-likeness (QED) is 0.419. The van der Waals surface area contributed by atoms with Gasteiger partial charge in [0, 0.05) is 43.7 Å². The van der Waals surface area contributed by atoms with Crippen molar-refractivity contribution < 1.29 is 14.3 Å². The van der Waals surface area contributed by atoms with E-state index >= 15 is 0 Å². The number of carbonyl (C=O) groups excluding carboxylic acids is 2. The van der Waals surface area contributed by atoms with Crippen molar-refractivity contribution in [3.8, 4) is 11.8 Å². The first-order chi connectivity index (χ1) is 17.5. The maximum Gasteiger partial charge on any atom is 0.267 e. The number of anilines is 1. The van der Waals surface area contributed by atoms with Crippen LogP contribution in [-0.4, -0.2) is 54.9 Å². The predicted octanol–water partition coefficient (Wildman–Crippen LogP) is 4.76. The van der Waals surface area contributed by atoms with Crippen molar-refractivity contribution in [2.45, 2.75) is 26.7 Å². The van der Waals surface area contributed by atoms with Crippen molar-refractivity contribution in [2.75, 3.05) is 38.2 Å². The Morgan fingerprint density at radius 1 is 1.00 bits per heavy atom. The number of benzene rings is 2. The summed E-state index contributed by atoms with van der Waals surface area (Å²) in [5, 5.41) is 12.7. The number of aryl methyl sites for hydroxylation is 1. The van der Waals surface area contributed by atoms with Gasteiger partial charge in [-0.2, -0.15) is 5.26 Å². The molecule has 0 radical (unpaired) electrons. The average molecular weight is 503 g/mol. The van der Waals surface area contributed by atoms with Gasteiger partial charge in [0.25, 0.3) is 5.91 Å². The third kappa shape index (κ3) is 5.26. The van der Waals surface area contributed by atoms with Gasteiger partial charge in [-0.3, -0.25) is 9.59 Å². The number of methoxy groups -OCH3 is 1. The van der Waals surface area contributed by atoms with Gasteiger partial charge in [-0.05, 0) is 43.2 Å². The number of hydrogen-bond donors (Lipinski definition) is 0. The number of nitriles is 1. The van der Waals surface area contributed by atoms with E-state index in [4.69, 9.17) is 4.74 Å². The molecule has 0 bridgehead atoms. The predicted molar refractivity (Wildman–Crippen MR) is 143 cm³/mol. The first-order valence-electron chi connectivity index (χ1n) is 12.1. The third-order valence-electron chi connectivity index (χ3n) is 6.33. The Morgan fingerprint density at radius 2 is 1.64 bits per heavy atom. The molecule has 0 unspecified atom stereocenters. The summed E-state index contributed by atoms with van der Waals surface area (Å²) in [7, 11) is 1.62. The van der Waals surface area contributed by atoms with Gasteiger partial charge in [0.1, 0.15) is 22.4 Å². The molecule has 1 fully saturated rings. The summed E-state index contributed by atoms with van der Waals surface area (Å²) >= 11 is 1.38. The van der Waals surface area contributed by atoms with Crippen LogP contribution in [0.4, 0.5) is 5.69 Å². The van der Waals surface area contributed by atoms with E-state index in [-0.39, 0.29) is 17.4 Å². The lowest BCUT2D eigenvalue weighted by Crippen LogP contribution is -2.51. The number of piperazine rings is 1. The Labute approximate surface area is 216 Å². The zero-order valence-electron chi connectivity index (χ0n) is 20.9. The van der Waals surface area contributed by atoms with E-state index in [0.717, 1.165) is 34.7 Å². The highest BCUT2D eigenvalue weighted by Crippen LogP contribution is 2.45. The summed E-state index contributed by atoms with van der Waals surface area (Å²) in [4.78, 5) is 31.2. The van der Waals surface area contributed by atoms with Crippen molar-refractivity contribution in [2.24, 2.45) is 0 Å². The summed E-state index contributed by atoms with van der Waals surface area (Å²) in [5.74, 6) is 0.538. The maximum absolute atomic E-state index is 13.5. The van der Waals surface area contributed by atoms with Gasteiger partial charge in [0.2, 0.25) is 5.91 Å². The fraction of sp³-hybridized carbons (Fsp3) is 0.321. The van der Waals surface area contributed by atoms with Gasteiger partial charge in [-0.1, -0.05) is 48.5 Å². The molecular weight excluding hydrogens is 472 g/mol. The van der Waals surface area contributed by atoms with Crippen molar-refractivity contribution in [3.63, 3.8) is 0 Å². The van der Waals surface area contributed by atoms with E-state index in [9.17, 15) is 14.9 Å². The van der Waals surface area contributed by atoms with Crippen LogP contribution in [-0.2, 0) is 9.59 Å². The molecule has 0 spiro atoms. The zero-order chi connectivity index (χ0) is 25.7. The van der Waals surface area contributed by atoms with Crippen molar-refractivity contribution >= 4 is 35.0 Å². The number of rotatable bonds is 6. The molecule has 0 aromatic heterocycles. The van der Waals surface area contributed by atoms with Crippen LogP contribution in [0.1, 0.15) is 30.9 Å². The van der Waals surface area contributed by atoms with E-state index in [2.05, 4.69) is 6.07 Å². The SMILES string of the molecule is CCCC(=O)N1CCN(C(=O)/C(C#N)=C2\SC=C(c3ccc(C)cc3)N2c2ccc(OC)cc2)CC1. The second kappa shape index (κ2) is 11.4. The molecule has 0 atom stereocenters. The molecule has 4 rings (SSSR count). The second-order valence-corrected chi connectivity index (χ2v) is 9.59. The summed E-state index contributed by atoms with van der Waals surface area (Å²) in [6.07, 6.45) is 1.32. The topological polar surface area (TPSA) is 76.9 Å². The van der Waals surface area contributed by atoms with E-state index in [1.54, 1.807) is 16.9 Å². The molecule has 0 N–H and O–H groups in total. The second-order valence-electron chi connectivity index (χ2n) is 8.74. The fourth-order valence-corrected chi connectivity index (χ4v) is 5.31. The van der Waals surface area contributed by atoms with Gasteiger partial charge in [-0.15, -0.1) is 0 Å². The number of ether oxygens (including phenoxy) is 1. The zero-order valence-corrected chi connectivity index (χ0v) is 21.7.